The lowest BCUT2D eigenvalue weighted by molar-refractivity contribution is 0.416. The van der Waals surface area contributed by atoms with Crippen molar-refractivity contribution in [1.29, 1.82) is 0 Å². The number of aryl methyl sites for hydroxylation is 1. The molecule has 0 bridgehead atoms. The molecule has 0 aliphatic rings. The van der Waals surface area contributed by atoms with Crippen LogP contribution in [0.1, 0.15) is 0 Å². The van der Waals surface area contributed by atoms with E-state index in [4.69, 9.17) is 0 Å². The minimum Gasteiger partial charge on any atom is -0.508 e. The van der Waals surface area contributed by atoms with Crippen LogP contribution in [0.3, 0.4) is 0 Å². The van der Waals surface area contributed by atoms with Gasteiger partial charge >= 0.3 is 5.69 Å². The fraction of sp³-hybridized carbons (Fsp3) is 0.222. The maximum absolute atomic E-state index is 12.1. The van der Waals surface area contributed by atoms with Crippen molar-refractivity contribution >= 4 is 0 Å². The van der Waals surface area contributed by atoms with Gasteiger partial charge in [-0.2, -0.15) is 9.36 Å². The van der Waals surface area contributed by atoms with E-state index in [1.54, 1.807) is 12.1 Å². The summed E-state index contributed by atoms with van der Waals surface area (Å²) in [4.78, 5) is 11.6. The summed E-state index contributed by atoms with van der Waals surface area (Å²) in [6.45, 7) is -0.809. The highest BCUT2D eigenvalue weighted by molar-refractivity contribution is 5.37. The first-order valence-electron chi connectivity index (χ1n) is 4.60. The molecule has 1 N–H and O–H groups in total. The summed E-state index contributed by atoms with van der Waals surface area (Å²) in [6, 6.07) is 6.01. The number of nitrogens with zero attached hydrogens (tertiary/aromatic N) is 4. The van der Waals surface area contributed by atoms with Crippen molar-refractivity contribution in [3.63, 3.8) is 0 Å². The molecule has 0 amide bonds. The van der Waals surface area contributed by atoms with E-state index in [0.717, 1.165) is 9.36 Å². The summed E-state index contributed by atoms with van der Waals surface area (Å²) in [5, 5.41) is 16.3. The Hall–Kier alpha value is -2.18. The molecule has 84 valence electrons. The van der Waals surface area contributed by atoms with E-state index >= 15 is 0 Å². The minimum atomic E-state index is -0.682. The average Bonchev–Trinajstić information content (AvgIpc) is 2.61. The molecule has 2 rings (SSSR count). The minimum absolute atomic E-state index is 0.0180. The lowest BCUT2D eigenvalue weighted by atomic mass is 10.3. The molecular formula is C9H9FN4O2. The summed E-state index contributed by atoms with van der Waals surface area (Å²) >= 11 is 0. The summed E-state index contributed by atoms with van der Waals surface area (Å²) in [6.07, 6.45) is 0. The van der Waals surface area contributed by atoms with Gasteiger partial charge in [0.25, 0.3) is 0 Å². The van der Waals surface area contributed by atoms with Gasteiger partial charge in [0.15, 0.2) is 0 Å². The predicted octanol–water partition coefficient (Wildman–Crippen LogP) is 0.104. The molecular weight excluding hydrogens is 215 g/mol. The van der Waals surface area contributed by atoms with Gasteiger partial charge in [-0.15, -0.1) is 0 Å². The van der Waals surface area contributed by atoms with Gasteiger partial charge in [-0.25, -0.2) is 9.18 Å². The second kappa shape index (κ2) is 4.13. The number of phenols is 1. The first-order chi connectivity index (χ1) is 7.72. The van der Waals surface area contributed by atoms with Crippen molar-refractivity contribution < 1.29 is 9.50 Å². The average molecular weight is 224 g/mol. The van der Waals surface area contributed by atoms with E-state index in [1.807, 2.05) is 0 Å². The molecule has 1 aromatic heterocycles. The maximum Gasteiger partial charge on any atom is 0.368 e. The number of benzene rings is 1. The Bertz CT molecular complexity index is 548. The van der Waals surface area contributed by atoms with Crippen LogP contribution < -0.4 is 5.69 Å². The fourth-order valence-electron chi connectivity index (χ4n) is 1.28. The molecule has 6 nitrogen and oxygen atoms in total. The van der Waals surface area contributed by atoms with E-state index in [9.17, 15) is 14.3 Å². The van der Waals surface area contributed by atoms with Gasteiger partial charge in [-0.1, -0.05) is 6.07 Å². The fourth-order valence-corrected chi connectivity index (χ4v) is 1.28. The Morgan fingerprint density at radius 1 is 1.38 bits per heavy atom. The Morgan fingerprint density at radius 2 is 2.19 bits per heavy atom. The summed E-state index contributed by atoms with van der Waals surface area (Å²) in [5.41, 5.74) is -0.154. The van der Waals surface area contributed by atoms with Crippen molar-refractivity contribution in [3.8, 4) is 11.4 Å². The van der Waals surface area contributed by atoms with Crippen LogP contribution in [0.15, 0.2) is 29.1 Å². The van der Waals surface area contributed by atoms with Gasteiger partial charge in [0.1, 0.15) is 12.4 Å². The number of alkyl halides is 1. The van der Waals surface area contributed by atoms with Gasteiger partial charge < -0.3 is 5.11 Å². The van der Waals surface area contributed by atoms with E-state index in [2.05, 4.69) is 10.4 Å². The number of rotatable bonds is 3. The lowest BCUT2D eigenvalue weighted by Gasteiger charge is -1.98. The van der Waals surface area contributed by atoms with Gasteiger partial charge in [0.2, 0.25) is 0 Å². The molecule has 0 aliphatic carbocycles. The van der Waals surface area contributed by atoms with Crippen molar-refractivity contribution in [3.05, 3.63) is 34.7 Å². The predicted molar refractivity (Wildman–Crippen MR) is 53.3 cm³/mol. The Kier molecular flexibility index (Phi) is 2.67. The smallest absolute Gasteiger partial charge is 0.368 e. The highest BCUT2D eigenvalue weighted by atomic mass is 19.1. The van der Waals surface area contributed by atoms with Gasteiger partial charge in [0.05, 0.1) is 12.2 Å². The monoisotopic (exact) mass is 224 g/mol. The van der Waals surface area contributed by atoms with E-state index in [1.165, 1.54) is 12.1 Å². The molecule has 0 saturated heterocycles. The van der Waals surface area contributed by atoms with E-state index in [-0.39, 0.29) is 12.3 Å². The molecule has 0 unspecified atom stereocenters. The molecule has 1 aromatic carbocycles. The molecule has 2 aromatic rings. The van der Waals surface area contributed by atoms with E-state index < -0.39 is 12.4 Å². The second-order valence-electron chi connectivity index (χ2n) is 3.11. The van der Waals surface area contributed by atoms with Crippen LogP contribution in [-0.4, -0.2) is 31.6 Å². The standard InChI is InChI=1S/C9H9FN4O2/c10-4-5-13-9(16)14(12-11-13)7-2-1-3-8(15)6-7/h1-3,6,15H,4-5H2. The van der Waals surface area contributed by atoms with Crippen LogP contribution in [0, 0.1) is 0 Å². The van der Waals surface area contributed by atoms with Gasteiger partial charge in [0, 0.05) is 6.07 Å². The number of halogens is 1. The van der Waals surface area contributed by atoms with Crippen LogP contribution in [0.5, 0.6) is 5.75 Å². The third-order valence-electron chi connectivity index (χ3n) is 2.01. The first kappa shape index (κ1) is 10.3. The van der Waals surface area contributed by atoms with Gasteiger partial charge in [-0.05, 0) is 22.6 Å². The molecule has 0 aliphatic heterocycles. The second-order valence-corrected chi connectivity index (χ2v) is 3.11. The number of hydrogen-bond acceptors (Lipinski definition) is 4. The third-order valence-corrected chi connectivity index (χ3v) is 2.01. The SMILES string of the molecule is O=c1n(CCF)nnn1-c1cccc(O)c1. The van der Waals surface area contributed by atoms with Crippen LogP contribution >= 0.6 is 0 Å². The molecule has 7 heteroatoms. The molecule has 16 heavy (non-hydrogen) atoms. The zero-order valence-corrected chi connectivity index (χ0v) is 8.25. The topological polar surface area (TPSA) is 72.9 Å². The molecule has 0 radical (unpaired) electrons. The zero-order chi connectivity index (χ0) is 11.5. The summed E-state index contributed by atoms with van der Waals surface area (Å²) in [7, 11) is 0. The Balaban J connectivity index is 2.45. The summed E-state index contributed by atoms with van der Waals surface area (Å²) < 4.78 is 14.0. The largest absolute Gasteiger partial charge is 0.508 e. The lowest BCUT2D eigenvalue weighted by Crippen LogP contribution is -2.24. The number of hydrogen-bond donors (Lipinski definition) is 1. The number of aromatic nitrogens is 4. The van der Waals surface area contributed by atoms with Crippen molar-refractivity contribution in [2.24, 2.45) is 0 Å². The molecule has 0 atom stereocenters. The first-order valence-corrected chi connectivity index (χ1v) is 4.60. The molecule has 1 heterocycles. The van der Waals surface area contributed by atoms with Gasteiger partial charge in [-0.3, -0.25) is 0 Å². The maximum atomic E-state index is 12.1. The van der Waals surface area contributed by atoms with Crippen molar-refractivity contribution in [1.82, 2.24) is 19.8 Å². The van der Waals surface area contributed by atoms with Crippen LogP contribution in [0.25, 0.3) is 5.69 Å². The third kappa shape index (κ3) is 1.79. The van der Waals surface area contributed by atoms with Crippen LogP contribution in [0.2, 0.25) is 0 Å². The summed E-state index contributed by atoms with van der Waals surface area (Å²) in [5.74, 6) is 0.0180. The number of phenolic OH excluding ortho intramolecular Hbond substituents is 1. The van der Waals surface area contributed by atoms with E-state index in [0.29, 0.717) is 5.69 Å². The molecule has 0 spiro atoms. The quantitative estimate of drug-likeness (QED) is 0.802. The Morgan fingerprint density at radius 3 is 2.88 bits per heavy atom. The molecule has 0 saturated carbocycles. The van der Waals surface area contributed by atoms with Crippen molar-refractivity contribution in [2.45, 2.75) is 6.54 Å². The zero-order valence-electron chi connectivity index (χ0n) is 8.25. The number of tetrazole rings is 1. The highest BCUT2D eigenvalue weighted by Gasteiger charge is 2.08. The number of aromatic hydroxyl groups is 1. The molecule has 0 fully saturated rings. The van der Waals surface area contributed by atoms with Crippen LogP contribution in [-0.2, 0) is 6.54 Å². The van der Waals surface area contributed by atoms with Crippen LogP contribution in [0.4, 0.5) is 4.39 Å². The normalized spacial score (nSPS) is 10.6. The highest BCUT2D eigenvalue weighted by Crippen LogP contribution is 2.12. The Labute approximate surface area is 89.5 Å². The van der Waals surface area contributed by atoms with Crippen molar-refractivity contribution in [2.75, 3.05) is 6.67 Å².